The molecular weight excluding hydrogens is 470 g/mol. The quantitative estimate of drug-likeness (QED) is 0.231. The number of hydrogen-bond acceptors (Lipinski definition) is 4. The standard InChI is InChI=1S/C26H28N2S2.Zn/c1-25(2,27-17-19-9-5-7-11-23(19)29)21-13-15-22(16-14-21)26(3,4)28-18-20-10-6-8-12-24(20)30;/h5-18,29-30H,1-4H3;/q;+2/p-2. The summed E-state index contributed by atoms with van der Waals surface area (Å²) in [4.78, 5) is 11.2. The molecule has 0 spiro atoms. The van der Waals surface area contributed by atoms with Gasteiger partial charge in [-0.1, -0.05) is 72.8 Å². The van der Waals surface area contributed by atoms with Crippen LogP contribution in [0.2, 0.25) is 0 Å². The van der Waals surface area contributed by atoms with Crippen LogP contribution in [0.1, 0.15) is 49.9 Å². The Labute approximate surface area is 209 Å². The van der Waals surface area contributed by atoms with E-state index in [2.05, 4.69) is 52.0 Å². The third kappa shape index (κ3) is 6.52. The monoisotopic (exact) mass is 494 g/mol. The van der Waals surface area contributed by atoms with Gasteiger partial charge in [-0.25, -0.2) is 0 Å². The normalized spacial score (nSPS) is 12.3. The summed E-state index contributed by atoms with van der Waals surface area (Å²) in [6.45, 7) is 8.42. The molecule has 31 heavy (non-hydrogen) atoms. The molecule has 0 fully saturated rings. The van der Waals surface area contributed by atoms with Crippen LogP contribution in [-0.2, 0) is 55.8 Å². The van der Waals surface area contributed by atoms with Crippen LogP contribution in [0.4, 0.5) is 0 Å². The second-order valence-corrected chi connectivity index (χ2v) is 9.17. The predicted molar refractivity (Wildman–Crippen MR) is 132 cm³/mol. The summed E-state index contributed by atoms with van der Waals surface area (Å²) in [7, 11) is 0. The van der Waals surface area contributed by atoms with E-state index in [9.17, 15) is 0 Å². The number of benzene rings is 3. The van der Waals surface area contributed by atoms with Crippen molar-refractivity contribution in [2.45, 2.75) is 48.6 Å². The van der Waals surface area contributed by atoms with Gasteiger partial charge in [0.15, 0.2) is 0 Å². The zero-order chi connectivity index (χ0) is 21.8. The Bertz CT molecular complexity index is 984. The van der Waals surface area contributed by atoms with Gasteiger partial charge >= 0.3 is 19.5 Å². The molecule has 154 valence electrons. The van der Waals surface area contributed by atoms with E-state index >= 15 is 0 Å². The van der Waals surface area contributed by atoms with E-state index in [4.69, 9.17) is 35.2 Å². The van der Waals surface area contributed by atoms with Crippen molar-refractivity contribution in [3.05, 3.63) is 95.1 Å². The summed E-state index contributed by atoms with van der Waals surface area (Å²) >= 11 is 10.7. The molecule has 0 aliphatic heterocycles. The average molecular weight is 496 g/mol. The molecule has 3 aromatic carbocycles. The minimum atomic E-state index is -0.356. The zero-order valence-electron chi connectivity index (χ0n) is 18.5. The molecule has 3 aromatic rings. The van der Waals surface area contributed by atoms with Crippen molar-refractivity contribution < 1.29 is 19.5 Å². The Balaban J connectivity index is 0.00000341. The van der Waals surface area contributed by atoms with Crippen LogP contribution < -0.4 is 0 Å². The number of nitrogens with zero attached hydrogens (tertiary/aromatic N) is 2. The maximum absolute atomic E-state index is 5.37. The maximum Gasteiger partial charge on any atom is 2.00 e. The van der Waals surface area contributed by atoms with Gasteiger partial charge in [-0.3, -0.25) is 9.98 Å². The van der Waals surface area contributed by atoms with Gasteiger partial charge in [0.2, 0.25) is 0 Å². The second kappa shape index (κ2) is 10.6. The van der Waals surface area contributed by atoms with Crippen LogP contribution in [-0.4, -0.2) is 12.4 Å². The summed E-state index contributed by atoms with van der Waals surface area (Å²) in [5, 5.41) is 0. The van der Waals surface area contributed by atoms with E-state index < -0.39 is 0 Å². The van der Waals surface area contributed by atoms with E-state index in [0.29, 0.717) is 0 Å². The van der Waals surface area contributed by atoms with E-state index in [0.717, 1.165) is 32.0 Å². The van der Waals surface area contributed by atoms with E-state index in [-0.39, 0.29) is 30.6 Å². The molecule has 0 amide bonds. The largest absolute Gasteiger partial charge is 2.00 e. The summed E-state index contributed by atoms with van der Waals surface area (Å²) in [5.41, 5.74) is 3.50. The van der Waals surface area contributed by atoms with Gasteiger partial charge in [-0.2, -0.15) is 9.79 Å². The molecule has 0 aliphatic carbocycles. The number of hydrogen-bond donors (Lipinski definition) is 0. The fourth-order valence-corrected chi connectivity index (χ4v) is 3.47. The molecular formula is C26H26N2S2Zn. The molecule has 5 heteroatoms. The molecule has 0 bridgehead atoms. The minimum Gasteiger partial charge on any atom is -0.779 e. The molecule has 0 radical (unpaired) electrons. The van der Waals surface area contributed by atoms with Gasteiger partial charge in [0.1, 0.15) is 0 Å². The van der Waals surface area contributed by atoms with Crippen LogP contribution in [0, 0.1) is 0 Å². The fraction of sp³-hybridized carbons (Fsp3) is 0.231. The number of rotatable bonds is 6. The van der Waals surface area contributed by atoms with Gasteiger partial charge in [0, 0.05) is 12.4 Å². The van der Waals surface area contributed by atoms with Gasteiger partial charge in [-0.15, -0.1) is 0 Å². The third-order valence-electron chi connectivity index (χ3n) is 5.19. The molecule has 0 atom stereocenters. The van der Waals surface area contributed by atoms with Gasteiger partial charge in [0.25, 0.3) is 0 Å². The van der Waals surface area contributed by atoms with Crippen molar-refractivity contribution in [3.8, 4) is 0 Å². The molecule has 2 nitrogen and oxygen atoms in total. The van der Waals surface area contributed by atoms with E-state index in [1.165, 1.54) is 0 Å². The molecule has 0 aromatic heterocycles. The smallest absolute Gasteiger partial charge is 0.779 e. The van der Waals surface area contributed by atoms with Gasteiger partial charge in [0.05, 0.1) is 11.1 Å². The van der Waals surface area contributed by atoms with Crippen LogP contribution in [0.25, 0.3) is 0 Å². The Morgan fingerprint density at radius 1 is 0.581 bits per heavy atom. The maximum atomic E-state index is 5.37. The molecule has 3 rings (SSSR count). The van der Waals surface area contributed by atoms with Crippen molar-refractivity contribution in [1.82, 2.24) is 0 Å². The average Bonchev–Trinajstić information content (AvgIpc) is 2.73. The van der Waals surface area contributed by atoms with Crippen LogP contribution in [0.3, 0.4) is 0 Å². The fourth-order valence-electron chi connectivity index (χ4n) is 3.07. The van der Waals surface area contributed by atoms with E-state index in [1.54, 1.807) is 0 Å². The molecule has 0 heterocycles. The Kier molecular flexibility index (Phi) is 8.65. The van der Waals surface area contributed by atoms with Crippen molar-refractivity contribution in [2.24, 2.45) is 9.98 Å². The summed E-state index contributed by atoms with van der Waals surface area (Å²) < 4.78 is 0. The first-order valence-electron chi connectivity index (χ1n) is 9.93. The molecule has 0 aliphatic rings. The first kappa shape index (κ1) is 25.3. The Hall–Kier alpha value is -1.94. The van der Waals surface area contributed by atoms with Crippen molar-refractivity contribution in [1.29, 1.82) is 0 Å². The Morgan fingerprint density at radius 3 is 1.23 bits per heavy atom. The first-order chi connectivity index (χ1) is 14.2. The SMILES string of the molecule is CC(C)(N=Cc1ccccc1[S-])c1ccc(C(C)(C)N=Cc2ccccc2[S-])cc1.[Zn+2]. The zero-order valence-corrected chi connectivity index (χ0v) is 23.1. The molecule has 0 saturated carbocycles. The summed E-state index contributed by atoms with van der Waals surface area (Å²) in [5.74, 6) is 0. The van der Waals surface area contributed by atoms with Crippen molar-refractivity contribution in [2.75, 3.05) is 0 Å². The molecule has 0 unspecified atom stereocenters. The van der Waals surface area contributed by atoms with Crippen molar-refractivity contribution >= 4 is 37.7 Å². The summed E-state index contributed by atoms with van der Waals surface area (Å²) in [6, 6.07) is 24.2. The topological polar surface area (TPSA) is 24.7 Å². The van der Waals surface area contributed by atoms with Crippen molar-refractivity contribution in [3.63, 3.8) is 0 Å². The predicted octanol–water partition coefficient (Wildman–Crippen LogP) is 6.20. The summed E-state index contributed by atoms with van der Waals surface area (Å²) in [6.07, 6.45) is 3.74. The molecule has 0 N–H and O–H groups in total. The van der Waals surface area contributed by atoms with Crippen LogP contribution >= 0.6 is 0 Å². The minimum absolute atomic E-state index is 0. The van der Waals surface area contributed by atoms with E-state index in [1.807, 2.05) is 61.0 Å². The number of aliphatic imine (C=N–C) groups is 2. The Morgan fingerprint density at radius 2 is 0.903 bits per heavy atom. The van der Waals surface area contributed by atoms with Gasteiger partial charge in [-0.05, 0) is 49.9 Å². The van der Waals surface area contributed by atoms with Gasteiger partial charge < -0.3 is 25.3 Å². The van der Waals surface area contributed by atoms with Crippen LogP contribution in [0.5, 0.6) is 0 Å². The second-order valence-electron chi connectivity index (χ2n) is 8.29. The molecule has 0 saturated heterocycles. The third-order valence-corrected chi connectivity index (χ3v) is 5.93. The van der Waals surface area contributed by atoms with Crippen LogP contribution in [0.15, 0.2) is 92.6 Å². The first-order valence-corrected chi connectivity index (χ1v) is 10.7.